The van der Waals surface area contributed by atoms with E-state index in [4.69, 9.17) is 4.74 Å². The minimum Gasteiger partial charge on any atom is -0.495 e. The lowest BCUT2D eigenvalue weighted by Gasteiger charge is -2.44. The lowest BCUT2D eigenvalue weighted by atomic mass is 9.86. The monoisotopic (exact) mass is 646 g/mol. The van der Waals surface area contributed by atoms with E-state index in [9.17, 15) is 23.1 Å². The second kappa shape index (κ2) is 12.5. The molecule has 240 valence electrons. The Hall–Kier alpha value is -3.93. The number of pyridine rings is 1. The predicted molar refractivity (Wildman–Crippen MR) is 166 cm³/mol. The lowest BCUT2D eigenvalue weighted by molar-refractivity contribution is -0.0668. The van der Waals surface area contributed by atoms with E-state index in [1.165, 1.54) is 28.7 Å². The van der Waals surface area contributed by atoms with Crippen molar-refractivity contribution in [2.45, 2.75) is 41.1 Å². The number of methoxy groups -OCH3 is 1. The van der Waals surface area contributed by atoms with Gasteiger partial charge in [-0.15, -0.1) is 6.58 Å². The number of fused-ring (bicyclic) bond motifs is 1. The summed E-state index contributed by atoms with van der Waals surface area (Å²) in [5.74, 6) is 6.03. The first-order valence-electron chi connectivity index (χ1n) is 14.2. The third-order valence-electron chi connectivity index (χ3n) is 7.87. The SMILES string of the molecule is C=C[C@@]1(Nc2cccc3c(SC(F)(F)F)c(C#CCNc4ccc(C(=O)N5CC(C)(O)C5)cc4OC)nn23)CCN(C)C[C@H]1F. The van der Waals surface area contributed by atoms with Gasteiger partial charge in [0.2, 0.25) is 0 Å². The summed E-state index contributed by atoms with van der Waals surface area (Å²) in [7, 11) is 3.27. The van der Waals surface area contributed by atoms with E-state index >= 15 is 4.39 Å². The Morgan fingerprint density at radius 3 is 2.71 bits per heavy atom. The zero-order valence-corrected chi connectivity index (χ0v) is 25.9. The standard InChI is InChI=1S/C31H34F4N6O3S/c1-5-30(13-15-39(3)17-25(30)32)37-26-10-6-9-23-27(45-31(33,34)35)22(38-41(23)26)8-7-14-36-21-12-11-20(16-24(21)44-4)28(42)40-18-29(2,43)19-40/h5-6,9-12,16,25,36-37,43H,1,13-15,17-19H2,2-4H3/t25-,30-/m1/s1. The number of rotatable bonds is 8. The summed E-state index contributed by atoms with van der Waals surface area (Å²) in [6.45, 7) is 6.79. The van der Waals surface area contributed by atoms with Crippen LogP contribution in [0.5, 0.6) is 5.75 Å². The summed E-state index contributed by atoms with van der Waals surface area (Å²) >= 11 is -0.309. The van der Waals surface area contributed by atoms with Crippen molar-refractivity contribution < 1.29 is 32.2 Å². The van der Waals surface area contributed by atoms with E-state index in [0.717, 1.165) is 0 Å². The van der Waals surface area contributed by atoms with Gasteiger partial charge in [-0.3, -0.25) is 4.79 Å². The summed E-state index contributed by atoms with van der Waals surface area (Å²) in [6, 6.07) is 9.56. The molecular weight excluding hydrogens is 612 g/mol. The Bertz CT molecular complexity index is 1660. The van der Waals surface area contributed by atoms with Crippen LogP contribution in [0.3, 0.4) is 0 Å². The molecule has 0 radical (unpaired) electrons. The molecule has 2 fully saturated rings. The zero-order valence-electron chi connectivity index (χ0n) is 25.0. The van der Waals surface area contributed by atoms with Crippen molar-refractivity contribution in [3.63, 3.8) is 0 Å². The summed E-state index contributed by atoms with van der Waals surface area (Å²) in [4.78, 5) is 15.9. The van der Waals surface area contributed by atoms with Gasteiger partial charge < -0.3 is 30.3 Å². The number of piperidine rings is 1. The van der Waals surface area contributed by atoms with Gasteiger partial charge in [0.05, 0.1) is 54.0 Å². The second-order valence-corrected chi connectivity index (χ2v) is 12.6. The van der Waals surface area contributed by atoms with Gasteiger partial charge in [-0.05, 0) is 68.4 Å². The Balaban J connectivity index is 1.38. The Morgan fingerprint density at radius 2 is 2.07 bits per heavy atom. The molecule has 0 bridgehead atoms. The molecule has 1 amide bonds. The Morgan fingerprint density at radius 1 is 1.31 bits per heavy atom. The van der Waals surface area contributed by atoms with Gasteiger partial charge in [0.25, 0.3) is 5.91 Å². The largest absolute Gasteiger partial charge is 0.495 e. The van der Waals surface area contributed by atoms with Crippen LogP contribution in [-0.4, -0.2) is 100 Å². The van der Waals surface area contributed by atoms with E-state index in [1.54, 1.807) is 37.3 Å². The molecular formula is C31H34F4N6O3S. The topological polar surface area (TPSA) is 94.4 Å². The number of halogens is 4. The van der Waals surface area contributed by atoms with E-state index in [-0.39, 0.29) is 60.0 Å². The van der Waals surface area contributed by atoms with Gasteiger partial charge in [0, 0.05) is 18.7 Å². The zero-order chi connectivity index (χ0) is 32.6. The highest BCUT2D eigenvalue weighted by Crippen LogP contribution is 2.41. The number of hydrogen-bond acceptors (Lipinski definition) is 8. The highest BCUT2D eigenvalue weighted by atomic mass is 32.2. The number of carbonyl (C=O) groups excluding carboxylic acids is 1. The fraction of sp³-hybridized carbons (Fsp3) is 0.419. The highest BCUT2D eigenvalue weighted by Gasteiger charge is 2.42. The Labute approximate surface area is 262 Å². The number of anilines is 2. The number of hydrogen-bond donors (Lipinski definition) is 3. The van der Waals surface area contributed by atoms with Crippen LogP contribution in [0.1, 0.15) is 29.4 Å². The Kier molecular flexibility index (Phi) is 8.99. The molecule has 9 nitrogen and oxygen atoms in total. The van der Waals surface area contributed by atoms with Crippen molar-refractivity contribution >= 4 is 34.7 Å². The van der Waals surface area contributed by atoms with Crippen LogP contribution in [0.25, 0.3) is 5.52 Å². The molecule has 0 unspecified atom stereocenters. The van der Waals surface area contributed by atoms with Crippen molar-refractivity contribution in [3.8, 4) is 17.6 Å². The van der Waals surface area contributed by atoms with Crippen LogP contribution in [0.15, 0.2) is 53.9 Å². The summed E-state index contributed by atoms with van der Waals surface area (Å²) in [6.07, 6.45) is 0.620. The van der Waals surface area contributed by atoms with Gasteiger partial charge in [-0.1, -0.05) is 18.1 Å². The van der Waals surface area contributed by atoms with Gasteiger partial charge >= 0.3 is 5.51 Å². The maximum atomic E-state index is 15.3. The first-order chi connectivity index (χ1) is 21.2. The van der Waals surface area contributed by atoms with Gasteiger partial charge in [0.15, 0.2) is 0 Å². The number of likely N-dealkylation sites (tertiary alicyclic amines) is 2. The lowest BCUT2D eigenvalue weighted by Crippen LogP contribution is -2.61. The van der Waals surface area contributed by atoms with Crippen LogP contribution >= 0.6 is 11.8 Å². The van der Waals surface area contributed by atoms with Crippen molar-refractivity contribution in [2.24, 2.45) is 0 Å². The fourth-order valence-electron chi connectivity index (χ4n) is 5.50. The summed E-state index contributed by atoms with van der Waals surface area (Å²) in [5, 5.41) is 20.6. The highest BCUT2D eigenvalue weighted by molar-refractivity contribution is 8.00. The molecule has 2 atom stereocenters. The molecule has 14 heteroatoms. The van der Waals surface area contributed by atoms with Crippen molar-refractivity contribution in [3.05, 3.63) is 60.3 Å². The normalized spacial score (nSPS) is 21.4. The molecule has 0 spiro atoms. The molecule has 2 aliphatic rings. The van der Waals surface area contributed by atoms with Crippen LogP contribution in [0, 0.1) is 11.8 Å². The van der Waals surface area contributed by atoms with Crippen molar-refractivity contribution in [1.29, 1.82) is 0 Å². The van der Waals surface area contributed by atoms with E-state index in [2.05, 4.69) is 34.2 Å². The van der Waals surface area contributed by atoms with Crippen molar-refractivity contribution in [2.75, 3.05) is 57.5 Å². The van der Waals surface area contributed by atoms with Crippen molar-refractivity contribution in [1.82, 2.24) is 19.4 Å². The number of carbonyl (C=O) groups is 1. The maximum Gasteiger partial charge on any atom is 0.446 e. The fourth-order valence-corrected chi connectivity index (χ4v) is 6.18. The van der Waals surface area contributed by atoms with Crippen LogP contribution in [0.4, 0.5) is 29.1 Å². The minimum absolute atomic E-state index is 0.0321. The number of alkyl halides is 4. The van der Waals surface area contributed by atoms with E-state index < -0.39 is 22.8 Å². The molecule has 4 heterocycles. The summed E-state index contributed by atoms with van der Waals surface area (Å²) < 4.78 is 62.9. The number of aromatic nitrogens is 2. The van der Waals surface area contributed by atoms with Gasteiger partial charge in [-0.2, -0.15) is 18.3 Å². The maximum absolute atomic E-state index is 15.3. The smallest absolute Gasteiger partial charge is 0.446 e. The molecule has 2 aliphatic heterocycles. The number of β-amino-alcohol motifs (C(OH)–C–C–N with tert-alkyl or cyclic N) is 1. The second-order valence-electron chi connectivity index (χ2n) is 11.5. The number of aliphatic hydroxyl groups is 1. The van der Waals surface area contributed by atoms with Crippen LogP contribution in [-0.2, 0) is 0 Å². The molecule has 2 aromatic heterocycles. The predicted octanol–water partition coefficient (Wildman–Crippen LogP) is 4.64. The molecule has 45 heavy (non-hydrogen) atoms. The quantitative estimate of drug-likeness (QED) is 0.141. The third kappa shape index (κ3) is 7.00. The first kappa shape index (κ1) is 32.5. The van der Waals surface area contributed by atoms with Crippen LogP contribution in [0.2, 0.25) is 0 Å². The van der Waals surface area contributed by atoms with Gasteiger partial charge in [-0.25, -0.2) is 8.91 Å². The molecule has 2 saturated heterocycles. The van der Waals surface area contributed by atoms with E-state index in [0.29, 0.717) is 35.8 Å². The average Bonchev–Trinajstić information content (AvgIpc) is 3.31. The molecule has 1 aromatic carbocycles. The number of amides is 1. The van der Waals surface area contributed by atoms with E-state index in [1.807, 2.05) is 11.9 Å². The third-order valence-corrected chi connectivity index (χ3v) is 8.70. The minimum atomic E-state index is -4.60. The number of nitrogens with one attached hydrogen (secondary N) is 2. The number of benzene rings is 1. The molecule has 3 aromatic rings. The van der Waals surface area contributed by atoms with Gasteiger partial charge in [0.1, 0.15) is 23.4 Å². The summed E-state index contributed by atoms with van der Waals surface area (Å²) in [5.41, 5.74) is -5.60. The first-order valence-corrected chi connectivity index (χ1v) is 15.0. The molecule has 5 rings (SSSR count). The molecule has 0 saturated carbocycles. The average molecular weight is 647 g/mol. The number of thioether (sulfide) groups is 1. The number of nitrogens with zero attached hydrogens (tertiary/aromatic N) is 4. The van der Waals surface area contributed by atoms with Crippen LogP contribution < -0.4 is 15.4 Å². The number of ether oxygens (including phenoxy) is 1. The molecule has 0 aliphatic carbocycles. The molecule has 3 N–H and O–H groups in total.